The largest absolute Gasteiger partial charge is 0.368 e. The molecule has 6 heteroatoms. The number of benzene rings is 1. The molecule has 0 bridgehead atoms. The molecule has 2 fully saturated rings. The third-order valence-electron chi connectivity index (χ3n) is 4.60. The third-order valence-corrected chi connectivity index (χ3v) is 4.60. The fraction of sp³-hybridized carbons (Fsp3) is 0.562. The quantitative estimate of drug-likeness (QED) is 0.888. The van der Waals surface area contributed by atoms with E-state index in [2.05, 4.69) is 10.6 Å². The Hall–Kier alpha value is -1.17. The Kier molecular flexibility index (Phi) is 5.42. The molecule has 0 radical (unpaired) electrons. The van der Waals surface area contributed by atoms with Crippen molar-refractivity contribution in [2.45, 2.75) is 36.8 Å². The average molecular weight is 329 g/mol. The smallest absolute Gasteiger partial charge is 0.252 e. The van der Waals surface area contributed by atoms with Gasteiger partial charge in [0.15, 0.2) is 0 Å². The summed E-state index contributed by atoms with van der Waals surface area (Å²) in [6, 6.07) is 6.71. The molecule has 3 rings (SSSR count). The lowest BCUT2D eigenvalue weighted by Crippen LogP contribution is -2.54. The molecule has 2 unspecified atom stereocenters. The van der Waals surface area contributed by atoms with Gasteiger partial charge in [-0.1, -0.05) is 12.1 Å². The van der Waals surface area contributed by atoms with Crippen LogP contribution >= 0.6 is 12.4 Å². The molecule has 2 aliphatic rings. The fourth-order valence-corrected chi connectivity index (χ4v) is 3.11. The second kappa shape index (κ2) is 6.94. The molecule has 122 valence electrons. The van der Waals surface area contributed by atoms with E-state index in [1.165, 1.54) is 6.07 Å². The average Bonchev–Trinajstić information content (AvgIpc) is 3.27. The van der Waals surface area contributed by atoms with Crippen molar-refractivity contribution >= 4 is 18.3 Å². The molecule has 1 amide bonds. The van der Waals surface area contributed by atoms with Crippen LogP contribution in [0, 0.1) is 5.82 Å². The van der Waals surface area contributed by atoms with Crippen LogP contribution in [-0.2, 0) is 9.53 Å². The highest BCUT2D eigenvalue weighted by Crippen LogP contribution is 2.41. The van der Waals surface area contributed by atoms with Crippen molar-refractivity contribution in [2.75, 3.05) is 20.2 Å². The predicted molar refractivity (Wildman–Crippen MR) is 84.8 cm³/mol. The van der Waals surface area contributed by atoms with E-state index in [4.69, 9.17) is 4.74 Å². The van der Waals surface area contributed by atoms with E-state index >= 15 is 0 Å². The number of hydrogen-bond donors (Lipinski definition) is 2. The molecular weight excluding hydrogens is 307 g/mol. The summed E-state index contributed by atoms with van der Waals surface area (Å²) in [5, 5.41) is 6.31. The summed E-state index contributed by atoms with van der Waals surface area (Å²) in [5.74, 6) is -0.0353. The summed E-state index contributed by atoms with van der Waals surface area (Å²) in [6.07, 6.45) is 2.24. The summed E-state index contributed by atoms with van der Waals surface area (Å²) >= 11 is 0. The minimum atomic E-state index is -0.708. The maximum atomic E-state index is 13.2. The van der Waals surface area contributed by atoms with Gasteiger partial charge in [-0.2, -0.15) is 0 Å². The van der Waals surface area contributed by atoms with Gasteiger partial charge in [0.1, 0.15) is 11.4 Å². The Bertz CT molecular complexity index is 535. The number of carbonyl (C=O) groups is 1. The summed E-state index contributed by atoms with van der Waals surface area (Å²) in [7, 11) is 1.60. The van der Waals surface area contributed by atoms with Crippen LogP contribution in [0.15, 0.2) is 24.3 Å². The van der Waals surface area contributed by atoms with E-state index in [9.17, 15) is 9.18 Å². The molecule has 1 heterocycles. The molecule has 4 nitrogen and oxygen atoms in total. The molecule has 2 N–H and O–H groups in total. The van der Waals surface area contributed by atoms with Crippen LogP contribution in [0.1, 0.15) is 30.7 Å². The molecule has 0 spiro atoms. The Morgan fingerprint density at radius 2 is 2.14 bits per heavy atom. The molecule has 1 aliphatic heterocycles. The zero-order chi connectivity index (χ0) is 14.9. The van der Waals surface area contributed by atoms with Gasteiger partial charge in [-0.15, -0.1) is 12.4 Å². The van der Waals surface area contributed by atoms with Crippen LogP contribution in [0.25, 0.3) is 0 Å². The molecule has 1 aliphatic carbocycles. The van der Waals surface area contributed by atoms with Crippen LogP contribution in [0.3, 0.4) is 0 Å². The summed E-state index contributed by atoms with van der Waals surface area (Å²) < 4.78 is 18.8. The number of halogens is 2. The Morgan fingerprint density at radius 1 is 1.41 bits per heavy atom. The SMILES string of the molecule is COC1(C(=O)NC2CC2c2cccc(F)c2)CCNCC1.Cl. The molecule has 1 aromatic carbocycles. The number of amides is 1. The van der Waals surface area contributed by atoms with Gasteiger partial charge in [-0.25, -0.2) is 4.39 Å². The number of rotatable bonds is 4. The Labute approximate surface area is 136 Å². The molecule has 2 atom stereocenters. The monoisotopic (exact) mass is 328 g/mol. The topological polar surface area (TPSA) is 50.4 Å². The van der Waals surface area contributed by atoms with E-state index in [1.54, 1.807) is 19.2 Å². The zero-order valence-electron chi connectivity index (χ0n) is 12.6. The van der Waals surface area contributed by atoms with E-state index in [0.717, 1.165) is 25.1 Å². The number of piperidine rings is 1. The molecule has 22 heavy (non-hydrogen) atoms. The molecule has 1 saturated carbocycles. The van der Waals surface area contributed by atoms with Crippen LogP contribution in [0.4, 0.5) is 4.39 Å². The molecule has 0 aromatic heterocycles. The fourth-order valence-electron chi connectivity index (χ4n) is 3.11. The summed E-state index contributed by atoms with van der Waals surface area (Å²) in [6.45, 7) is 1.58. The van der Waals surface area contributed by atoms with E-state index in [-0.39, 0.29) is 36.1 Å². The van der Waals surface area contributed by atoms with Gasteiger partial charge in [0, 0.05) is 19.1 Å². The summed E-state index contributed by atoms with van der Waals surface area (Å²) in [4.78, 5) is 12.5. The van der Waals surface area contributed by atoms with Gasteiger partial charge in [0.2, 0.25) is 0 Å². The van der Waals surface area contributed by atoms with Crippen LogP contribution in [-0.4, -0.2) is 37.7 Å². The first-order valence-electron chi connectivity index (χ1n) is 7.47. The second-order valence-electron chi connectivity index (χ2n) is 5.93. The van der Waals surface area contributed by atoms with Crippen molar-refractivity contribution < 1.29 is 13.9 Å². The lowest BCUT2D eigenvalue weighted by molar-refractivity contribution is -0.146. The predicted octanol–water partition coefficient (Wildman–Crippen LogP) is 1.99. The first kappa shape index (κ1) is 17.2. The number of methoxy groups -OCH3 is 1. The van der Waals surface area contributed by atoms with E-state index in [1.807, 2.05) is 6.07 Å². The van der Waals surface area contributed by atoms with Crippen molar-refractivity contribution in [2.24, 2.45) is 0 Å². The lowest BCUT2D eigenvalue weighted by atomic mass is 9.91. The zero-order valence-corrected chi connectivity index (χ0v) is 13.4. The van der Waals surface area contributed by atoms with Crippen molar-refractivity contribution in [3.8, 4) is 0 Å². The van der Waals surface area contributed by atoms with Gasteiger partial charge in [-0.05, 0) is 50.0 Å². The number of ether oxygens (including phenoxy) is 1. The van der Waals surface area contributed by atoms with Gasteiger partial charge in [0.05, 0.1) is 0 Å². The first-order valence-corrected chi connectivity index (χ1v) is 7.47. The second-order valence-corrected chi connectivity index (χ2v) is 5.93. The van der Waals surface area contributed by atoms with Crippen LogP contribution in [0.2, 0.25) is 0 Å². The van der Waals surface area contributed by atoms with Crippen LogP contribution in [0.5, 0.6) is 0 Å². The minimum absolute atomic E-state index is 0. The van der Waals surface area contributed by atoms with Gasteiger partial charge in [-0.3, -0.25) is 4.79 Å². The Morgan fingerprint density at radius 3 is 2.77 bits per heavy atom. The number of hydrogen-bond acceptors (Lipinski definition) is 3. The van der Waals surface area contributed by atoms with Crippen LogP contribution < -0.4 is 10.6 Å². The highest BCUT2D eigenvalue weighted by Gasteiger charge is 2.45. The highest BCUT2D eigenvalue weighted by molar-refractivity contribution is 5.86. The molecule has 1 aromatic rings. The minimum Gasteiger partial charge on any atom is -0.368 e. The van der Waals surface area contributed by atoms with Crippen molar-refractivity contribution in [3.05, 3.63) is 35.6 Å². The van der Waals surface area contributed by atoms with Gasteiger partial charge in [0.25, 0.3) is 5.91 Å². The summed E-state index contributed by atoms with van der Waals surface area (Å²) in [5.41, 5.74) is 0.248. The Balaban J connectivity index is 0.00000176. The maximum absolute atomic E-state index is 13.2. The van der Waals surface area contributed by atoms with Crippen molar-refractivity contribution in [1.82, 2.24) is 10.6 Å². The molecular formula is C16H22ClFN2O2. The maximum Gasteiger partial charge on any atom is 0.252 e. The number of carbonyl (C=O) groups excluding carboxylic acids is 1. The van der Waals surface area contributed by atoms with Crippen molar-refractivity contribution in [1.29, 1.82) is 0 Å². The molecule has 1 saturated heterocycles. The van der Waals surface area contributed by atoms with E-state index in [0.29, 0.717) is 12.8 Å². The third kappa shape index (κ3) is 3.42. The lowest BCUT2D eigenvalue weighted by Gasteiger charge is -2.34. The first-order chi connectivity index (χ1) is 10.1. The standard InChI is InChI=1S/C16H21FN2O2.ClH/c1-21-16(5-7-18-8-6-16)15(20)19-14-10-13(14)11-3-2-4-12(17)9-11;/h2-4,9,13-14,18H,5-8,10H2,1H3,(H,19,20);1H. The number of nitrogens with one attached hydrogen (secondary N) is 2. The normalized spacial score (nSPS) is 25.9. The van der Waals surface area contributed by atoms with E-state index < -0.39 is 5.60 Å². The van der Waals surface area contributed by atoms with Crippen molar-refractivity contribution in [3.63, 3.8) is 0 Å². The highest BCUT2D eigenvalue weighted by atomic mass is 35.5. The van der Waals surface area contributed by atoms with Gasteiger partial charge >= 0.3 is 0 Å². The van der Waals surface area contributed by atoms with Gasteiger partial charge < -0.3 is 15.4 Å².